The maximum atomic E-state index is 13.1. The van der Waals surface area contributed by atoms with E-state index in [4.69, 9.17) is 0 Å². The summed E-state index contributed by atoms with van der Waals surface area (Å²) in [4.78, 5) is 0. The second kappa shape index (κ2) is 6.72. The van der Waals surface area contributed by atoms with Crippen LogP contribution in [-0.2, 0) is 10.5 Å². The zero-order chi connectivity index (χ0) is 24.3. The molecule has 0 aromatic heterocycles. The fraction of sp³-hybridized carbons (Fsp3) is 1.00. The van der Waals surface area contributed by atoms with E-state index in [1.807, 2.05) is 0 Å². The first-order valence-electron chi connectivity index (χ1n) is 5.70. The van der Waals surface area contributed by atoms with Crippen LogP contribution in [-0.4, -0.2) is 56.2 Å². The molecule has 0 rings (SSSR count). The zero-order valence-electron chi connectivity index (χ0n) is 12.1. The van der Waals surface area contributed by atoms with Gasteiger partial charge in [-0.3, -0.25) is 0 Å². The van der Waals surface area contributed by atoms with E-state index >= 15 is 0 Å². The van der Waals surface area contributed by atoms with Gasteiger partial charge in [0.2, 0.25) is 0 Å². The minimum absolute atomic E-state index is 0.452. The molecule has 29 heavy (non-hydrogen) atoms. The molecule has 0 fully saturated rings. The van der Waals surface area contributed by atoms with Crippen LogP contribution in [0, 0.1) is 0 Å². The highest BCUT2D eigenvalue weighted by Crippen LogP contribution is 2.63. The normalized spacial score (nSPS) is 16.0. The SMILES string of the molecule is O=S(=O)=NC(F)(F)C(F)(F)C(F)(F)C(F)(F)C(F)(F)C(F)(F)C(F)(F)C(F)(F)F. The molecule has 0 aliphatic rings. The van der Waals surface area contributed by atoms with Crippen molar-refractivity contribution in [3.8, 4) is 0 Å². The van der Waals surface area contributed by atoms with E-state index in [0.29, 0.717) is 4.36 Å². The molecule has 0 N–H and O–H groups in total. The molecule has 0 aliphatic heterocycles. The number of nitrogens with zero attached hydrogens (tertiary/aromatic N) is 1. The number of rotatable bonds is 7. The molecule has 0 aromatic carbocycles. The van der Waals surface area contributed by atoms with E-state index in [1.165, 1.54) is 0 Å². The Kier molecular flexibility index (Phi) is 6.36. The summed E-state index contributed by atoms with van der Waals surface area (Å²) >= 11 is 0. The van der Waals surface area contributed by atoms with Crippen molar-refractivity contribution in [2.45, 2.75) is 47.8 Å². The third kappa shape index (κ3) is 3.57. The number of alkyl halides is 17. The highest BCUT2D eigenvalue weighted by Gasteiger charge is 2.95. The van der Waals surface area contributed by atoms with E-state index in [1.54, 1.807) is 0 Å². The van der Waals surface area contributed by atoms with E-state index in [2.05, 4.69) is 0 Å². The molecule has 0 saturated carbocycles. The van der Waals surface area contributed by atoms with Crippen molar-refractivity contribution in [1.29, 1.82) is 0 Å². The molecule has 3 nitrogen and oxygen atoms in total. The molecule has 0 aromatic rings. The highest BCUT2D eigenvalue weighted by atomic mass is 32.2. The maximum absolute atomic E-state index is 13.1. The number of halogens is 17. The quantitative estimate of drug-likeness (QED) is 0.367. The maximum Gasteiger partial charge on any atom is 0.460 e. The van der Waals surface area contributed by atoms with Crippen molar-refractivity contribution in [3.05, 3.63) is 0 Å². The lowest BCUT2D eigenvalue weighted by atomic mass is 9.90. The molecule has 21 heteroatoms. The second-order valence-electron chi connectivity index (χ2n) is 4.79. The topological polar surface area (TPSA) is 46.5 Å². The van der Waals surface area contributed by atoms with Gasteiger partial charge in [0.25, 0.3) is 0 Å². The van der Waals surface area contributed by atoms with Crippen LogP contribution in [0.5, 0.6) is 0 Å². The first kappa shape index (κ1) is 27.4. The van der Waals surface area contributed by atoms with Gasteiger partial charge in [0.15, 0.2) is 0 Å². The van der Waals surface area contributed by atoms with Crippen LogP contribution in [0.4, 0.5) is 74.6 Å². The fourth-order valence-electron chi connectivity index (χ4n) is 1.31. The average Bonchev–Trinajstić information content (AvgIpc) is 2.43. The molecule has 0 aliphatic carbocycles. The Balaban J connectivity index is 6.85. The van der Waals surface area contributed by atoms with Gasteiger partial charge >= 0.3 is 58.3 Å². The van der Waals surface area contributed by atoms with Gasteiger partial charge in [-0.25, -0.2) is 0 Å². The van der Waals surface area contributed by atoms with E-state index in [0.717, 1.165) is 0 Å². The lowest BCUT2D eigenvalue weighted by Gasteiger charge is -2.41. The summed E-state index contributed by atoms with van der Waals surface area (Å²) in [6.07, 6.45) is -7.84. The Bertz CT molecular complexity index is 755. The summed E-state index contributed by atoms with van der Waals surface area (Å²) in [6.45, 7) is 0. The van der Waals surface area contributed by atoms with Gasteiger partial charge in [0, 0.05) is 0 Å². The van der Waals surface area contributed by atoms with Crippen LogP contribution < -0.4 is 0 Å². The van der Waals surface area contributed by atoms with Gasteiger partial charge < -0.3 is 0 Å². The Hall–Kier alpha value is -1.57. The van der Waals surface area contributed by atoms with Crippen LogP contribution in [0.25, 0.3) is 0 Å². The molecule has 0 atom stereocenters. The van der Waals surface area contributed by atoms with E-state index < -0.39 is 58.3 Å². The van der Waals surface area contributed by atoms with Crippen molar-refractivity contribution in [3.63, 3.8) is 0 Å². The van der Waals surface area contributed by atoms with Crippen molar-refractivity contribution in [2.24, 2.45) is 4.36 Å². The summed E-state index contributed by atoms with van der Waals surface area (Å²) in [7, 11) is -4.84. The Morgan fingerprint density at radius 1 is 0.414 bits per heavy atom. The van der Waals surface area contributed by atoms with Crippen LogP contribution in [0.2, 0.25) is 0 Å². The molecule has 0 spiro atoms. The van der Waals surface area contributed by atoms with Crippen molar-refractivity contribution >= 4 is 10.5 Å². The summed E-state index contributed by atoms with van der Waals surface area (Å²) in [5, 5.41) is 0. The number of hydrogen-bond donors (Lipinski definition) is 0. The monoisotopic (exact) mass is 497 g/mol. The van der Waals surface area contributed by atoms with Gasteiger partial charge in [-0.2, -0.15) is 83.1 Å². The van der Waals surface area contributed by atoms with Crippen LogP contribution >= 0.6 is 0 Å². The predicted octanol–water partition coefficient (Wildman–Crippen LogP) is 5.02. The van der Waals surface area contributed by atoms with Crippen molar-refractivity contribution in [2.75, 3.05) is 0 Å². The molecule has 0 amide bonds. The Morgan fingerprint density at radius 3 is 0.897 bits per heavy atom. The summed E-state index contributed by atoms with van der Waals surface area (Å²) in [6, 6.07) is -7.27. The minimum Gasteiger partial charge on any atom is -0.192 e. The van der Waals surface area contributed by atoms with Gasteiger partial charge in [-0.1, -0.05) is 4.36 Å². The van der Waals surface area contributed by atoms with Gasteiger partial charge in [0.05, 0.1) is 0 Å². The molecule has 0 radical (unpaired) electrons. The lowest BCUT2D eigenvalue weighted by molar-refractivity contribution is -0.461. The first-order chi connectivity index (χ1) is 12.2. The van der Waals surface area contributed by atoms with E-state index in [9.17, 15) is 83.1 Å². The molecular formula is C8F17NO2S. The fourth-order valence-corrected chi connectivity index (χ4v) is 1.61. The third-order valence-electron chi connectivity index (χ3n) is 2.89. The van der Waals surface area contributed by atoms with E-state index in [-0.39, 0.29) is 0 Å². The van der Waals surface area contributed by atoms with Crippen molar-refractivity contribution < 1.29 is 83.1 Å². The smallest absolute Gasteiger partial charge is 0.192 e. The summed E-state index contributed by atoms with van der Waals surface area (Å²) in [5.41, 5.74) is 0. The summed E-state index contributed by atoms with van der Waals surface area (Å²) < 4.78 is 235. The molecule has 174 valence electrons. The largest absolute Gasteiger partial charge is 0.460 e. The second-order valence-corrected chi connectivity index (χ2v) is 5.41. The molecular weight excluding hydrogens is 497 g/mol. The Labute approximate surface area is 147 Å². The summed E-state index contributed by atoms with van der Waals surface area (Å²) in [5.74, 6) is -51.1. The molecule has 0 heterocycles. The third-order valence-corrected chi connectivity index (χ3v) is 3.27. The van der Waals surface area contributed by atoms with Crippen LogP contribution in [0.15, 0.2) is 4.36 Å². The predicted molar refractivity (Wildman–Crippen MR) is 52.0 cm³/mol. The van der Waals surface area contributed by atoms with Gasteiger partial charge in [-0.05, 0) is 0 Å². The molecule has 0 unspecified atom stereocenters. The highest BCUT2D eigenvalue weighted by molar-refractivity contribution is 7.61. The van der Waals surface area contributed by atoms with Crippen LogP contribution in [0.1, 0.15) is 0 Å². The molecule has 0 saturated heterocycles. The van der Waals surface area contributed by atoms with Crippen LogP contribution in [0.3, 0.4) is 0 Å². The average molecular weight is 497 g/mol. The Morgan fingerprint density at radius 2 is 0.655 bits per heavy atom. The lowest BCUT2D eigenvalue weighted by Crippen LogP contribution is -2.74. The zero-order valence-corrected chi connectivity index (χ0v) is 12.9. The minimum atomic E-state index is -8.77. The standard InChI is InChI=1S/C8F17NO2S/c9-1(10,3(13,14)5(17,18)7(21,22)23)2(11,12)4(15,16)6(19,20)8(24,25)26-29(27)28. The van der Waals surface area contributed by atoms with Gasteiger partial charge in [0.1, 0.15) is 0 Å². The van der Waals surface area contributed by atoms with Crippen molar-refractivity contribution in [1.82, 2.24) is 0 Å². The number of hydrogen-bond acceptors (Lipinski definition) is 3. The first-order valence-corrected chi connectivity index (χ1v) is 6.73. The van der Waals surface area contributed by atoms with Gasteiger partial charge in [-0.15, -0.1) is 0 Å². The molecule has 0 bridgehead atoms.